The first kappa shape index (κ1) is 15.6. The zero-order chi connectivity index (χ0) is 17.6. The minimum atomic E-state index is -0.538. The van der Waals surface area contributed by atoms with Gasteiger partial charge in [-0.15, -0.1) is 0 Å². The van der Waals surface area contributed by atoms with Gasteiger partial charge in [0.15, 0.2) is 5.65 Å². The number of hydrogen-bond donors (Lipinski definition) is 3. The maximum atomic E-state index is 12.1. The highest BCUT2D eigenvalue weighted by molar-refractivity contribution is 5.73. The van der Waals surface area contributed by atoms with E-state index in [1.165, 1.54) is 12.6 Å². The summed E-state index contributed by atoms with van der Waals surface area (Å²) in [4.78, 5) is 32.4. The molecule has 0 bridgehead atoms. The number of hydrogen-bond acceptors (Lipinski definition) is 5. The summed E-state index contributed by atoms with van der Waals surface area (Å²) < 4.78 is 1.64. The Hall–Kier alpha value is -2.90. The Kier molecular flexibility index (Phi) is 3.48. The van der Waals surface area contributed by atoms with E-state index in [1.54, 1.807) is 16.9 Å². The fraction of sp³-hybridized carbons (Fsp3) is 0.412. The van der Waals surface area contributed by atoms with E-state index in [1.807, 2.05) is 6.07 Å². The molecule has 1 atom stereocenters. The fourth-order valence-corrected chi connectivity index (χ4v) is 3.53. The van der Waals surface area contributed by atoms with Crippen LogP contribution in [0.25, 0.3) is 16.9 Å². The van der Waals surface area contributed by atoms with Crippen molar-refractivity contribution in [1.82, 2.24) is 24.6 Å². The number of rotatable bonds is 3. The Morgan fingerprint density at radius 3 is 2.92 bits per heavy atom. The molecule has 3 N–H and O–H groups in total. The second kappa shape index (κ2) is 5.58. The Labute approximate surface area is 143 Å². The van der Waals surface area contributed by atoms with Gasteiger partial charge in [-0.05, 0) is 30.7 Å². The number of H-pyrrole nitrogens is 2. The first-order chi connectivity index (χ1) is 11.9. The van der Waals surface area contributed by atoms with Crippen LogP contribution in [0.15, 0.2) is 34.2 Å². The SMILES string of the molecule is CC1(C)CCC(Nc2cc(-c3c[nH]c(=O)[nH]c3=O)nn3ccnc23)C1. The van der Waals surface area contributed by atoms with Gasteiger partial charge in [-0.25, -0.2) is 14.3 Å². The van der Waals surface area contributed by atoms with E-state index in [4.69, 9.17) is 0 Å². The summed E-state index contributed by atoms with van der Waals surface area (Å²) >= 11 is 0. The number of aromatic amines is 2. The predicted octanol–water partition coefficient (Wildman–Crippen LogP) is 1.76. The van der Waals surface area contributed by atoms with Crippen molar-refractivity contribution >= 4 is 11.3 Å². The van der Waals surface area contributed by atoms with Crippen molar-refractivity contribution < 1.29 is 0 Å². The van der Waals surface area contributed by atoms with E-state index in [-0.39, 0.29) is 0 Å². The van der Waals surface area contributed by atoms with Gasteiger partial charge in [0, 0.05) is 24.6 Å². The lowest BCUT2D eigenvalue weighted by Gasteiger charge is -2.19. The molecule has 3 aromatic rings. The molecule has 130 valence electrons. The minimum Gasteiger partial charge on any atom is -0.379 e. The second-order valence-corrected chi connectivity index (χ2v) is 7.37. The van der Waals surface area contributed by atoms with Gasteiger partial charge < -0.3 is 10.3 Å². The van der Waals surface area contributed by atoms with Gasteiger partial charge in [-0.3, -0.25) is 9.78 Å². The van der Waals surface area contributed by atoms with Crippen LogP contribution in [0.2, 0.25) is 0 Å². The normalized spacial score (nSPS) is 19.4. The highest BCUT2D eigenvalue weighted by Crippen LogP contribution is 2.38. The molecule has 0 spiro atoms. The van der Waals surface area contributed by atoms with Crippen LogP contribution in [-0.4, -0.2) is 30.6 Å². The molecule has 3 aromatic heterocycles. The van der Waals surface area contributed by atoms with Crippen molar-refractivity contribution in [1.29, 1.82) is 0 Å². The first-order valence-corrected chi connectivity index (χ1v) is 8.35. The topological polar surface area (TPSA) is 108 Å². The van der Waals surface area contributed by atoms with Crippen molar-refractivity contribution in [3.63, 3.8) is 0 Å². The van der Waals surface area contributed by atoms with E-state index in [9.17, 15) is 9.59 Å². The average molecular weight is 340 g/mol. The third-order valence-corrected chi connectivity index (χ3v) is 4.78. The van der Waals surface area contributed by atoms with Gasteiger partial charge in [0.25, 0.3) is 5.56 Å². The van der Waals surface area contributed by atoms with E-state index >= 15 is 0 Å². The maximum absolute atomic E-state index is 12.1. The summed E-state index contributed by atoms with van der Waals surface area (Å²) in [5.74, 6) is 0. The van der Waals surface area contributed by atoms with Crippen molar-refractivity contribution in [2.75, 3.05) is 5.32 Å². The van der Waals surface area contributed by atoms with Gasteiger partial charge >= 0.3 is 5.69 Å². The first-order valence-electron chi connectivity index (χ1n) is 8.35. The van der Waals surface area contributed by atoms with E-state index < -0.39 is 11.2 Å². The minimum absolute atomic E-state index is 0.310. The molecule has 1 aliphatic carbocycles. The quantitative estimate of drug-likeness (QED) is 0.673. The van der Waals surface area contributed by atoms with Gasteiger partial charge in [-0.2, -0.15) is 5.10 Å². The molecule has 1 aliphatic rings. The number of nitrogens with zero attached hydrogens (tertiary/aromatic N) is 3. The van der Waals surface area contributed by atoms with Crippen LogP contribution in [0, 0.1) is 5.41 Å². The average Bonchev–Trinajstić information content (AvgIpc) is 3.13. The van der Waals surface area contributed by atoms with Crippen LogP contribution < -0.4 is 16.6 Å². The molecule has 0 radical (unpaired) electrons. The van der Waals surface area contributed by atoms with Crippen LogP contribution in [0.3, 0.4) is 0 Å². The second-order valence-electron chi connectivity index (χ2n) is 7.37. The molecule has 25 heavy (non-hydrogen) atoms. The number of aromatic nitrogens is 5. The molecule has 1 fully saturated rings. The highest BCUT2D eigenvalue weighted by Gasteiger charge is 2.31. The Morgan fingerprint density at radius 1 is 1.36 bits per heavy atom. The molecule has 1 unspecified atom stereocenters. The Morgan fingerprint density at radius 2 is 2.20 bits per heavy atom. The molecule has 0 aromatic carbocycles. The molecular weight excluding hydrogens is 320 g/mol. The predicted molar refractivity (Wildman–Crippen MR) is 94.7 cm³/mol. The largest absolute Gasteiger partial charge is 0.379 e. The number of nitrogens with one attached hydrogen (secondary N) is 3. The third-order valence-electron chi connectivity index (χ3n) is 4.78. The lowest BCUT2D eigenvalue weighted by molar-refractivity contribution is 0.378. The number of anilines is 1. The summed E-state index contributed by atoms with van der Waals surface area (Å²) in [6.07, 6.45) is 8.14. The molecule has 0 saturated heterocycles. The molecule has 8 nitrogen and oxygen atoms in total. The van der Waals surface area contributed by atoms with Gasteiger partial charge in [-0.1, -0.05) is 13.8 Å². The fourth-order valence-electron chi connectivity index (χ4n) is 3.53. The molecule has 4 rings (SSSR count). The summed E-state index contributed by atoms with van der Waals surface area (Å²) in [5, 5.41) is 7.99. The Bertz CT molecular complexity index is 1040. The summed E-state index contributed by atoms with van der Waals surface area (Å²) in [5.41, 5.74) is 1.66. The molecule has 3 heterocycles. The zero-order valence-corrected chi connectivity index (χ0v) is 14.2. The molecule has 8 heteroatoms. The smallest absolute Gasteiger partial charge is 0.325 e. The summed E-state index contributed by atoms with van der Waals surface area (Å²) in [6, 6.07) is 2.18. The third kappa shape index (κ3) is 2.95. The van der Waals surface area contributed by atoms with Crippen molar-refractivity contribution in [3.8, 4) is 11.3 Å². The lowest BCUT2D eigenvalue weighted by atomic mass is 9.92. The number of fused-ring (bicyclic) bond motifs is 1. The molecular formula is C17H20N6O2. The standard InChI is InChI=1S/C17H20N6O2/c1-17(2)4-3-10(8-17)20-13-7-12(22-23-6-5-18-14(13)23)11-9-19-16(25)21-15(11)24/h5-7,9-10,20H,3-4,8H2,1-2H3,(H2,19,21,24,25). The van der Waals surface area contributed by atoms with Crippen LogP contribution in [0.4, 0.5) is 5.69 Å². The highest BCUT2D eigenvalue weighted by atomic mass is 16.2. The van der Waals surface area contributed by atoms with Crippen LogP contribution in [0.5, 0.6) is 0 Å². The summed E-state index contributed by atoms with van der Waals surface area (Å²) in [7, 11) is 0. The maximum Gasteiger partial charge on any atom is 0.325 e. The molecule has 0 amide bonds. The lowest BCUT2D eigenvalue weighted by Crippen LogP contribution is -2.23. The monoisotopic (exact) mass is 340 g/mol. The van der Waals surface area contributed by atoms with Crippen molar-refractivity contribution in [2.45, 2.75) is 39.2 Å². The molecule has 0 aliphatic heterocycles. The molecule has 1 saturated carbocycles. The van der Waals surface area contributed by atoms with E-state index in [2.05, 4.69) is 39.2 Å². The summed E-state index contributed by atoms with van der Waals surface area (Å²) in [6.45, 7) is 4.55. The van der Waals surface area contributed by atoms with Crippen LogP contribution in [0.1, 0.15) is 33.1 Å². The van der Waals surface area contributed by atoms with E-state index in [0.29, 0.717) is 28.4 Å². The zero-order valence-electron chi connectivity index (χ0n) is 14.2. The van der Waals surface area contributed by atoms with Crippen LogP contribution in [-0.2, 0) is 0 Å². The van der Waals surface area contributed by atoms with Crippen molar-refractivity contribution in [2.24, 2.45) is 5.41 Å². The van der Waals surface area contributed by atoms with Gasteiger partial charge in [0.05, 0.1) is 11.3 Å². The van der Waals surface area contributed by atoms with E-state index in [0.717, 1.165) is 18.5 Å². The van der Waals surface area contributed by atoms with Gasteiger partial charge in [0.1, 0.15) is 5.69 Å². The Balaban J connectivity index is 1.77. The van der Waals surface area contributed by atoms with Crippen LogP contribution >= 0.6 is 0 Å². The van der Waals surface area contributed by atoms with Gasteiger partial charge in [0.2, 0.25) is 0 Å². The van der Waals surface area contributed by atoms with Crippen molar-refractivity contribution in [3.05, 3.63) is 45.5 Å². The number of imidazole rings is 1.